The molecule has 1 heterocycles. The number of nitriles is 1. The smallest absolute Gasteiger partial charge is 0.258 e. The summed E-state index contributed by atoms with van der Waals surface area (Å²) in [6, 6.07) is 12.1. The van der Waals surface area contributed by atoms with E-state index in [-0.39, 0.29) is 16.9 Å². The molecular weight excluding hydrogens is 230 g/mol. The van der Waals surface area contributed by atoms with Crippen molar-refractivity contribution in [2.75, 3.05) is 0 Å². The summed E-state index contributed by atoms with van der Waals surface area (Å²) in [5.74, 6) is 0. The molecule has 1 aromatic heterocycles. The highest BCUT2D eigenvalue weighted by atomic mass is 16.6. The molecule has 0 saturated carbocycles. The van der Waals surface area contributed by atoms with Crippen molar-refractivity contribution in [1.29, 1.82) is 5.26 Å². The van der Waals surface area contributed by atoms with Crippen molar-refractivity contribution in [3.63, 3.8) is 0 Å². The first kappa shape index (κ1) is 11.7. The molecule has 0 aliphatic heterocycles. The van der Waals surface area contributed by atoms with E-state index in [4.69, 9.17) is 5.26 Å². The van der Waals surface area contributed by atoms with Crippen LogP contribution in [0.3, 0.4) is 0 Å². The Balaban J connectivity index is 2.71. The molecule has 88 valence electrons. The molecular formula is C13H9N3O2. The van der Waals surface area contributed by atoms with E-state index >= 15 is 0 Å². The van der Waals surface area contributed by atoms with Crippen LogP contribution in [0.15, 0.2) is 36.4 Å². The number of nitro groups is 1. The van der Waals surface area contributed by atoms with Gasteiger partial charge in [-0.2, -0.15) is 5.26 Å². The second-order valence-electron chi connectivity index (χ2n) is 3.72. The van der Waals surface area contributed by atoms with Gasteiger partial charge in [0.1, 0.15) is 11.8 Å². The number of aromatic nitrogens is 1. The van der Waals surface area contributed by atoms with Gasteiger partial charge in [0.05, 0.1) is 16.2 Å². The fourth-order valence-electron chi connectivity index (χ4n) is 1.66. The second kappa shape index (κ2) is 4.63. The third-order valence-electron chi connectivity index (χ3n) is 2.56. The normalized spacial score (nSPS) is 9.78. The fraction of sp³-hybridized carbons (Fsp3) is 0.0769. The second-order valence-corrected chi connectivity index (χ2v) is 3.72. The Morgan fingerprint density at radius 1 is 1.33 bits per heavy atom. The average Bonchev–Trinajstić information content (AvgIpc) is 2.39. The first-order valence-corrected chi connectivity index (χ1v) is 5.25. The molecule has 0 bridgehead atoms. The summed E-state index contributed by atoms with van der Waals surface area (Å²) >= 11 is 0. The molecule has 0 N–H and O–H groups in total. The minimum Gasteiger partial charge on any atom is -0.258 e. The Labute approximate surface area is 103 Å². The molecule has 0 aliphatic rings. The van der Waals surface area contributed by atoms with Crippen LogP contribution in [0.1, 0.15) is 11.3 Å². The fourth-order valence-corrected chi connectivity index (χ4v) is 1.66. The van der Waals surface area contributed by atoms with Gasteiger partial charge in [0.2, 0.25) is 0 Å². The molecule has 0 atom stereocenters. The van der Waals surface area contributed by atoms with Crippen LogP contribution in [-0.4, -0.2) is 9.91 Å². The lowest BCUT2D eigenvalue weighted by atomic mass is 10.1. The monoisotopic (exact) mass is 239 g/mol. The summed E-state index contributed by atoms with van der Waals surface area (Å²) < 4.78 is 0. The largest absolute Gasteiger partial charge is 0.296 e. The molecule has 2 aromatic rings. The van der Waals surface area contributed by atoms with Gasteiger partial charge in [-0.15, -0.1) is 0 Å². The topological polar surface area (TPSA) is 79.8 Å². The highest BCUT2D eigenvalue weighted by Gasteiger charge is 2.19. The van der Waals surface area contributed by atoms with Crippen LogP contribution in [0.4, 0.5) is 5.69 Å². The standard InChI is InChI=1S/C13H9N3O2/c1-9-11(8-14)7-12(16(17)18)13(15-9)10-5-3-2-4-6-10/h2-7H,1H3. The Kier molecular flexibility index (Phi) is 3.02. The minimum absolute atomic E-state index is 0.150. The molecule has 0 spiro atoms. The van der Waals surface area contributed by atoms with E-state index in [1.807, 2.05) is 12.1 Å². The molecule has 2 rings (SSSR count). The van der Waals surface area contributed by atoms with Crippen LogP contribution in [-0.2, 0) is 0 Å². The van der Waals surface area contributed by atoms with Crippen LogP contribution in [0.25, 0.3) is 11.3 Å². The van der Waals surface area contributed by atoms with Crippen LogP contribution >= 0.6 is 0 Å². The molecule has 5 nitrogen and oxygen atoms in total. The van der Waals surface area contributed by atoms with Crippen molar-refractivity contribution in [2.45, 2.75) is 6.92 Å². The zero-order chi connectivity index (χ0) is 13.1. The average molecular weight is 239 g/mol. The van der Waals surface area contributed by atoms with Crippen molar-refractivity contribution in [3.8, 4) is 17.3 Å². The van der Waals surface area contributed by atoms with Gasteiger partial charge in [0.15, 0.2) is 0 Å². The van der Waals surface area contributed by atoms with Gasteiger partial charge in [-0.3, -0.25) is 10.1 Å². The lowest BCUT2D eigenvalue weighted by Crippen LogP contribution is -1.99. The third-order valence-corrected chi connectivity index (χ3v) is 2.56. The van der Waals surface area contributed by atoms with Crippen LogP contribution < -0.4 is 0 Å². The van der Waals surface area contributed by atoms with Crippen LogP contribution in [0.2, 0.25) is 0 Å². The number of pyridine rings is 1. The van der Waals surface area contributed by atoms with E-state index in [9.17, 15) is 10.1 Å². The van der Waals surface area contributed by atoms with E-state index < -0.39 is 4.92 Å². The highest BCUT2D eigenvalue weighted by molar-refractivity contribution is 5.70. The number of rotatable bonds is 2. The molecule has 5 heteroatoms. The molecule has 0 fully saturated rings. The third kappa shape index (κ3) is 2.04. The maximum Gasteiger partial charge on any atom is 0.296 e. The predicted molar refractivity (Wildman–Crippen MR) is 65.8 cm³/mol. The van der Waals surface area contributed by atoms with Gasteiger partial charge in [-0.25, -0.2) is 4.98 Å². The molecule has 0 amide bonds. The number of aryl methyl sites for hydroxylation is 1. The molecule has 1 aromatic carbocycles. The van der Waals surface area contributed by atoms with Crippen LogP contribution in [0, 0.1) is 28.4 Å². The van der Waals surface area contributed by atoms with Crippen molar-refractivity contribution in [3.05, 3.63) is 57.8 Å². The first-order valence-electron chi connectivity index (χ1n) is 5.25. The number of hydrogen-bond donors (Lipinski definition) is 0. The molecule has 0 aliphatic carbocycles. The van der Waals surface area contributed by atoms with Crippen molar-refractivity contribution < 1.29 is 4.92 Å². The van der Waals surface area contributed by atoms with Gasteiger partial charge in [0, 0.05) is 11.6 Å². The SMILES string of the molecule is Cc1nc(-c2ccccc2)c([N+](=O)[O-])cc1C#N. The number of benzene rings is 1. The lowest BCUT2D eigenvalue weighted by Gasteiger charge is -2.04. The summed E-state index contributed by atoms with van der Waals surface area (Å²) in [6.07, 6.45) is 0. The maximum absolute atomic E-state index is 11.0. The van der Waals surface area contributed by atoms with Gasteiger partial charge in [0.25, 0.3) is 5.69 Å². The Hall–Kier alpha value is -2.74. The van der Waals surface area contributed by atoms with E-state index in [0.29, 0.717) is 11.3 Å². The van der Waals surface area contributed by atoms with Crippen molar-refractivity contribution in [1.82, 2.24) is 4.98 Å². The van der Waals surface area contributed by atoms with Crippen molar-refractivity contribution in [2.24, 2.45) is 0 Å². The van der Waals surface area contributed by atoms with Gasteiger partial charge < -0.3 is 0 Å². The van der Waals surface area contributed by atoms with E-state index in [1.165, 1.54) is 6.07 Å². The lowest BCUT2D eigenvalue weighted by molar-refractivity contribution is -0.384. The van der Waals surface area contributed by atoms with Gasteiger partial charge in [-0.05, 0) is 6.92 Å². The molecule has 0 radical (unpaired) electrons. The molecule has 18 heavy (non-hydrogen) atoms. The number of hydrogen-bond acceptors (Lipinski definition) is 4. The highest BCUT2D eigenvalue weighted by Crippen LogP contribution is 2.29. The van der Waals surface area contributed by atoms with Crippen molar-refractivity contribution >= 4 is 5.69 Å². The predicted octanol–water partition coefficient (Wildman–Crippen LogP) is 2.84. The summed E-state index contributed by atoms with van der Waals surface area (Å²) in [5.41, 5.74) is 1.51. The summed E-state index contributed by atoms with van der Waals surface area (Å²) in [5, 5.41) is 19.9. The van der Waals surface area contributed by atoms with E-state index in [2.05, 4.69) is 4.98 Å². The molecule has 0 saturated heterocycles. The minimum atomic E-state index is -0.518. The van der Waals surface area contributed by atoms with E-state index in [1.54, 1.807) is 31.2 Å². The van der Waals surface area contributed by atoms with Gasteiger partial charge >= 0.3 is 0 Å². The summed E-state index contributed by atoms with van der Waals surface area (Å²) in [6.45, 7) is 1.66. The maximum atomic E-state index is 11.0. The Bertz CT molecular complexity index is 645. The quantitative estimate of drug-likeness (QED) is 0.596. The summed E-state index contributed by atoms with van der Waals surface area (Å²) in [7, 11) is 0. The zero-order valence-corrected chi connectivity index (χ0v) is 9.62. The number of nitrogens with zero attached hydrogens (tertiary/aromatic N) is 3. The zero-order valence-electron chi connectivity index (χ0n) is 9.62. The first-order chi connectivity index (χ1) is 8.63. The Morgan fingerprint density at radius 3 is 2.56 bits per heavy atom. The van der Waals surface area contributed by atoms with Crippen LogP contribution in [0.5, 0.6) is 0 Å². The van der Waals surface area contributed by atoms with Gasteiger partial charge in [-0.1, -0.05) is 30.3 Å². The molecule has 0 unspecified atom stereocenters. The summed E-state index contributed by atoms with van der Waals surface area (Å²) in [4.78, 5) is 14.7. The van der Waals surface area contributed by atoms with E-state index in [0.717, 1.165) is 0 Å². The Morgan fingerprint density at radius 2 is 2.00 bits per heavy atom.